The van der Waals surface area contributed by atoms with Crippen LogP contribution in [-0.2, 0) is 14.9 Å². The Bertz CT molecular complexity index is 1590. The largest absolute Gasteiger partial charge is 0.378 e. The monoisotopic (exact) mass is 610 g/mol. The summed E-state index contributed by atoms with van der Waals surface area (Å²) >= 11 is 6.72. The van der Waals surface area contributed by atoms with Gasteiger partial charge in [-0.15, -0.1) is 0 Å². The highest BCUT2D eigenvalue weighted by Crippen LogP contribution is 2.52. The van der Waals surface area contributed by atoms with Crippen LogP contribution in [-0.4, -0.2) is 93.7 Å². The normalized spacial score (nSPS) is 27.3. The minimum atomic E-state index is -2.61. The first-order valence-corrected chi connectivity index (χ1v) is 16.0. The number of fused-ring (bicyclic) bond motifs is 3. The van der Waals surface area contributed by atoms with Crippen molar-refractivity contribution in [3.8, 4) is 11.3 Å². The molecular weight excluding hydrogens is 574 g/mol. The summed E-state index contributed by atoms with van der Waals surface area (Å²) < 4.78 is 35.4. The predicted molar refractivity (Wildman–Crippen MR) is 161 cm³/mol. The third-order valence-corrected chi connectivity index (χ3v) is 11.0. The Morgan fingerprint density at radius 3 is 2.40 bits per heavy atom. The molecule has 2 aromatic heterocycles. The maximum atomic E-state index is 14.5. The molecule has 1 aromatic carbocycles. The van der Waals surface area contributed by atoms with Crippen LogP contribution in [0.5, 0.6) is 0 Å². The van der Waals surface area contributed by atoms with Gasteiger partial charge in [0.25, 0.3) is 5.92 Å². The standard InChI is InChI=1S/C32H37ClF2N6O2/c1-19(2)40-18-36-26-14-25(37-29(33)28(26)40)20-3-4-24-27(11-20)41(22-12-21(13-22)39-10-7-32(34,35)17-39)30(42)31(24)5-8-38(9-6-31)23-15-43-16-23/h3-4,11,14,18-19,21-23H,5-10,12-13,15-17H2,1-2H3/t21-,22+. The molecule has 8 rings (SSSR count). The van der Waals surface area contributed by atoms with Gasteiger partial charge in [-0.05, 0) is 70.3 Å². The molecule has 0 radical (unpaired) electrons. The summed E-state index contributed by atoms with van der Waals surface area (Å²) in [7, 11) is 0. The molecule has 0 atom stereocenters. The number of pyridine rings is 1. The molecule has 0 N–H and O–H groups in total. The third kappa shape index (κ3) is 4.35. The molecule has 0 unspecified atom stereocenters. The molecule has 43 heavy (non-hydrogen) atoms. The first-order chi connectivity index (χ1) is 20.6. The Morgan fingerprint density at radius 1 is 1.00 bits per heavy atom. The first kappa shape index (κ1) is 27.9. The van der Waals surface area contributed by atoms with Crippen molar-refractivity contribution < 1.29 is 18.3 Å². The number of amides is 1. The van der Waals surface area contributed by atoms with Gasteiger partial charge in [-0.25, -0.2) is 18.7 Å². The van der Waals surface area contributed by atoms with Crippen LogP contribution >= 0.6 is 11.6 Å². The van der Waals surface area contributed by atoms with Gasteiger partial charge in [0.1, 0.15) is 5.52 Å². The number of anilines is 1. The Balaban J connectivity index is 1.14. The number of nitrogens with zero attached hydrogens (tertiary/aromatic N) is 6. The lowest BCUT2D eigenvalue weighted by Gasteiger charge is -2.47. The zero-order valence-corrected chi connectivity index (χ0v) is 25.4. The molecular formula is C32H37ClF2N6O2. The van der Waals surface area contributed by atoms with E-state index in [4.69, 9.17) is 21.3 Å². The molecule has 8 nitrogen and oxygen atoms in total. The second kappa shape index (κ2) is 9.92. The molecule has 4 fully saturated rings. The van der Waals surface area contributed by atoms with E-state index in [0.717, 1.165) is 79.8 Å². The number of carbonyl (C=O) groups excluding carboxylic acids is 1. The molecule has 4 aliphatic heterocycles. The topological polar surface area (TPSA) is 66.7 Å². The van der Waals surface area contributed by atoms with Crippen molar-refractivity contribution in [3.05, 3.63) is 41.3 Å². The molecule has 0 bridgehead atoms. The van der Waals surface area contributed by atoms with Gasteiger partial charge in [-0.2, -0.15) is 0 Å². The van der Waals surface area contributed by atoms with E-state index in [-0.39, 0.29) is 37.0 Å². The van der Waals surface area contributed by atoms with Crippen molar-refractivity contribution in [2.45, 2.75) is 81.5 Å². The molecule has 5 aliphatic rings. The number of ether oxygens (including phenoxy) is 1. The summed E-state index contributed by atoms with van der Waals surface area (Å²) in [6.07, 6.45) is 4.69. The molecule has 3 saturated heterocycles. The highest BCUT2D eigenvalue weighted by Gasteiger charge is 2.56. The third-order valence-electron chi connectivity index (χ3n) is 10.7. The summed E-state index contributed by atoms with van der Waals surface area (Å²) in [5.41, 5.74) is 4.65. The number of aromatic nitrogens is 3. The number of hydrogen-bond acceptors (Lipinski definition) is 6. The van der Waals surface area contributed by atoms with E-state index >= 15 is 0 Å². The number of piperidine rings is 1. The molecule has 6 heterocycles. The van der Waals surface area contributed by atoms with Gasteiger partial charge in [0.05, 0.1) is 48.8 Å². The van der Waals surface area contributed by atoms with Crippen molar-refractivity contribution in [1.29, 1.82) is 0 Å². The molecule has 11 heteroatoms. The molecule has 1 amide bonds. The quantitative estimate of drug-likeness (QED) is 0.366. The minimum Gasteiger partial charge on any atom is -0.378 e. The van der Waals surface area contributed by atoms with Crippen molar-refractivity contribution in [3.63, 3.8) is 0 Å². The molecule has 1 aliphatic carbocycles. The average molecular weight is 611 g/mol. The Labute approximate surface area is 254 Å². The van der Waals surface area contributed by atoms with Crippen LogP contribution in [0, 0.1) is 0 Å². The lowest BCUT2D eigenvalue weighted by atomic mass is 9.73. The number of halogens is 3. The average Bonchev–Trinajstić information content (AvgIpc) is 3.58. The van der Waals surface area contributed by atoms with Crippen LogP contribution in [0.2, 0.25) is 5.15 Å². The van der Waals surface area contributed by atoms with E-state index in [0.29, 0.717) is 23.4 Å². The summed E-state index contributed by atoms with van der Waals surface area (Å²) in [5.74, 6) is -2.45. The lowest BCUT2D eigenvalue weighted by molar-refractivity contribution is -0.128. The smallest absolute Gasteiger partial charge is 0.261 e. The predicted octanol–water partition coefficient (Wildman–Crippen LogP) is 5.28. The first-order valence-electron chi connectivity index (χ1n) is 15.6. The van der Waals surface area contributed by atoms with Gasteiger partial charge in [0.15, 0.2) is 5.15 Å². The van der Waals surface area contributed by atoms with E-state index in [1.807, 2.05) is 20.4 Å². The van der Waals surface area contributed by atoms with Gasteiger partial charge in [-0.3, -0.25) is 14.6 Å². The number of imidazole rings is 1. The van der Waals surface area contributed by atoms with E-state index in [2.05, 4.69) is 41.9 Å². The fraction of sp³-hybridized carbons (Fsp3) is 0.594. The molecule has 1 saturated carbocycles. The maximum absolute atomic E-state index is 14.5. The van der Waals surface area contributed by atoms with E-state index in [9.17, 15) is 13.6 Å². The number of likely N-dealkylation sites (tertiary alicyclic amines) is 2. The number of alkyl halides is 2. The van der Waals surface area contributed by atoms with Gasteiger partial charge in [0, 0.05) is 42.3 Å². The van der Waals surface area contributed by atoms with E-state index in [1.54, 1.807) is 6.33 Å². The zero-order valence-electron chi connectivity index (χ0n) is 24.6. The van der Waals surface area contributed by atoms with Crippen LogP contribution in [0.3, 0.4) is 0 Å². The highest BCUT2D eigenvalue weighted by molar-refractivity contribution is 6.34. The lowest BCUT2D eigenvalue weighted by Crippen LogP contribution is -2.59. The van der Waals surface area contributed by atoms with Crippen LogP contribution in [0.25, 0.3) is 22.3 Å². The number of carbonyl (C=O) groups is 1. The second-order valence-corrected chi connectivity index (χ2v) is 13.8. The number of hydrogen-bond donors (Lipinski definition) is 0. The van der Waals surface area contributed by atoms with Gasteiger partial charge in [0.2, 0.25) is 5.91 Å². The second-order valence-electron chi connectivity index (χ2n) is 13.5. The van der Waals surface area contributed by atoms with Crippen LogP contribution in [0.1, 0.15) is 57.6 Å². The van der Waals surface area contributed by atoms with E-state index < -0.39 is 11.3 Å². The van der Waals surface area contributed by atoms with Crippen molar-refractivity contribution in [2.24, 2.45) is 0 Å². The fourth-order valence-electron chi connectivity index (χ4n) is 8.00. The van der Waals surface area contributed by atoms with Crippen molar-refractivity contribution >= 4 is 34.2 Å². The van der Waals surface area contributed by atoms with Crippen LogP contribution in [0.15, 0.2) is 30.6 Å². The maximum Gasteiger partial charge on any atom is 0.261 e. The zero-order chi connectivity index (χ0) is 29.7. The van der Waals surface area contributed by atoms with Gasteiger partial charge >= 0.3 is 0 Å². The van der Waals surface area contributed by atoms with Crippen molar-refractivity contribution in [1.82, 2.24) is 24.3 Å². The summed E-state index contributed by atoms with van der Waals surface area (Å²) in [5, 5.41) is 0.403. The Morgan fingerprint density at radius 2 is 1.74 bits per heavy atom. The fourth-order valence-corrected chi connectivity index (χ4v) is 8.28. The summed E-state index contributed by atoms with van der Waals surface area (Å²) in [6, 6.07) is 8.97. The Hall–Kier alpha value is -2.66. The highest BCUT2D eigenvalue weighted by atomic mass is 35.5. The molecule has 3 aromatic rings. The SMILES string of the molecule is CC(C)n1cnc2cc(-c3ccc4c(c3)N([C@H]3C[C@@H](N5CCC(F)(F)C5)C3)C(=O)C43CCN(C4COC4)CC3)nc(Cl)c21. The molecule has 1 spiro atoms. The molecule has 228 valence electrons. The number of rotatable bonds is 5. The van der Waals surface area contributed by atoms with Gasteiger partial charge < -0.3 is 14.2 Å². The Kier molecular flexibility index (Phi) is 6.43. The van der Waals surface area contributed by atoms with E-state index in [1.165, 1.54) is 0 Å². The van der Waals surface area contributed by atoms with Crippen LogP contribution in [0.4, 0.5) is 14.5 Å². The number of benzene rings is 1. The van der Waals surface area contributed by atoms with Crippen LogP contribution < -0.4 is 4.90 Å². The minimum absolute atomic E-state index is 0.000994. The van der Waals surface area contributed by atoms with Crippen molar-refractivity contribution in [2.75, 3.05) is 44.3 Å². The summed E-state index contributed by atoms with van der Waals surface area (Å²) in [6.45, 7) is 7.66. The van der Waals surface area contributed by atoms with Gasteiger partial charge in [-0.1, -0.05) is 23.7 Å². The summed E-state index contributed by atoms with van der Waals surface area (Å²) in [4.78, 5) is 30.3.